The molecule has 1 aromatic carbocycles. The fourth-order valence-corrected chi connectivity index (χ4v) is 8.40. The Hall–Kier alpha value is -2.51. The molecule has 1 saturated heterocycles. The number of carbonyl (C=O) groups excluding carboxylic acids is 1. The van der Waals surface area contributed by atoms with Gasteiger partial charge in [-0.3, -0.25) is 14.4 Å². The van der Waals surface area contributed by atoms with Gasteiger partial charge in [0.25, 0.3) is 10.0 Å². The largest absolute Gasteiger partial charge is 0.497 e. The molecule has 9 nitrogen and oxygen atoms in total. The number of methoxy groups -OCH3 is 1. The van der Waals surface area contributed by atoms with Gasteiger partial charge in [-0.15, -0.1) is 11.3 Å². The number of carbonyl (C=O) groups is 1. The van der Waals surface area contributed by atoms with Crippen LogP contribution < -0.4 is 9.64 Å². The second-order valence-electron chi connectivity index (χ2n) is 8.35. The van der Waals surface area contributed by atoms with Crippen LogP contribution in [0.25, 0.3) is 10.2 Å². The number of sulfonamides is 1. The number of ether oxygens (including phenoxy) is 1. The number of hydrogen-bond acceptors (Lipinski definition) is 8. The summed E-state index contributed by atoms with van der Waals surface area (Å²) in [4.78, 5) is 20.3. The van der Waals surface area contributed by atoms with Crippen molar-refractivity contribution in [3.05, 3.63) is 53.1 Å². The molecule has 190 valence electrons. The zero-order chi connectivity index (χ0) is 25.3. The summed E-state index contributed by atoms with van der Waals surface area (Å²) in [6, 6.07) is 10.5. The second-order valence-corrected chi connectivity index (χ2v) is 13.2. The Morgan fingerprint density at radius 3 is 2.86 bits per heavy atom. The van der Waals surface area contributed by atoms with Crippen molar-refractivity contribution >= 4 is 65.6 Å². The average molecular weight is 566 g/mol. The topological polar surface area (TPSA) is 97.6 Å². The highest BCUT2D eigenvalue weighted by atomic mass is 35.5. The predicted molar refractivity (Wildman–Crippen MR) is 142 cm³/mol. The van der Waals surface area contributed by atoms with Crippen LogP contribution in [-0.4, -0.2) is 60.1 Å². The molecule has 3 aromatic heterocycles. The first-order valence-corrected chi connectivity index (χ1v) is 14.8. The van der Waals surface area contributed by atoms with Crippen molar-refractivity contribution in [1.29, 1.82) is 0 Å². The molecule has 1 unspecified atom stereocenters. The van der Waals surface area contributed by atoms with Crippen LogP contribution in [0.15, 0.2) is 53.0 Å². The van der Waals surface area contributed by atoms with Crippen LogP contribution in [0.3, 0.4) is 0 Å². The summed E-state index contributed by atoms with van der Waals surface area (Å²) in [7, 11) is -2.11. The van der Waals surface area contributed by atoms with Crippen LogP contribution in [0, 0.1) is 5.92 Å². The van der Waals surface area contributed by atoms with Crippen molar-refractivity contribution in [1.82, 2.24) is 19.1 Å². The third kappa shape index (κ3) is 5.14. The summed E-state index contributed by atoms with van der Waals surface area (Å²) in [5, 5.41) is 4.82. The van der Waals surface area contributed by atoms with E-state index in [0.29, 0.717) is 47.7 Å². The first-order valence-electron chi connectivity index (χ1n) is 11.3. The average Bonchev–Trinajstić information content (AvgIpc) is 3.65. The van der Waals surface area contributed by atoms with Crippen molar-refractivity contribution < 1.29 is 17.9 Å². The summed E-state index contributed by atoms with van der Waals surface area (Å²) in [6.07, 6.45) is 4.73. The van der Waals surface area contributed by atoms with E-state index < -0.39 is 15.9 Å². The smallest absolute Gasteiger partial charge is 0.252 e. The second kappa shape index (κ2) is 10.5. The van der Waals surface area contributed by atoms with Crippen molar-refractivity contribution in [3.8, 4) is 5.75 Å². The quantitative estimate of drug-likeness (QED) is 0.315. The van der Waals surface area contributed by atoms with E-state index >= 15 is 0 Å². The standard InChI is InChI=1S/C23H24ClN5O4S3/c1-33-17-5-6-18-19(14-17)34-23(26-18)29(13-12-27-10-3-9-25-27)22(30)16-4-2-11-28(15-16)36(31,32)21-8-7-20(24)35-21/h3,5-10,14,16H,2,4,11-13,15H2,1H3. The molecular formula is C23H24ClN5O4S3. The lowest BCUT2D eigenvalue weighted by Crippen LogP contribution is -2.47. The maximum Gasteiger partial charge on any atom is 0.252 e. The summed E-state index contributed by atoms with van der Waals surface area (Å²) in [6.45, 7) is 1.34. The molecule has 4 aromatic rings. The molecule has 0 N–H and O–H groups in total. The SMILES string of the molecule is COc1ccc2nc(N(CCn3cccn3)C(=O)C3CCCN(S(=O)(=O)c4ccc(Cl)s4)C3)sc2c1. The monoisotopic (exact) mass is 565 g/mol. The third-order valence-electron chi connectivity index (χ3n) is 6.07. The van der Waals surface area contributed by atoms with E-state index in [0.717, 1.165) is 21.6 Å². The number of piperidine rings is 1. The Balaban J connectivity index is 1.42. The number of thiophene rings is 1. The molecule has 36 heavy (non-hydrogen) atoms. The first-order chi connectivity index (χ1) is 17.3. The molecule has 1 aliphatic heterocycles. The number of benzene rings is 1. The number of anilines is 1. The molecule has 0 spiro atoms. The molecule has 1 atom stereocenters. The Morgan fingerprint density at radius 1 is 1.28 bits per heavy atom. The lowest BCUT2D eigenvalue weighted by Gasteiger charge is -2.33. The molecule has 1 aliphatic rings. The molecule has 0 bridgehead atoms. The number of hydrogen-bond donors (Lipinski definition) is 0. The Labute approximate surface area is 221 Å². The molecule has 4 heterocycles. The number of nitrogens with zero attached hydrogens (tertiary/aromatic N) is 5. The van der Waals surface area contributed by atoms with Crippen LogP contribution >= 0.6 is 34.3 Å². The van der Waals surface area contributed by atoms with Crippen molar-refractivity contribution in [2.24, 2.45) is 5.92 Å². The minimum absolute atomic E-state index is 0.119. The van der Waals surface area contributed by atoms with E-state index in [2.05, 4.69) is 5.10 Å². The Bertz CT molecular complexity index is 1470. The van der Waals surface area contributed by atoms with E-state index in [1.807, 2.05) is 30.5 Å². The zero-order valence-corrected chi connectivity index (χ0v) is 22.6. The van der Waals surface area contributed by atoms with Gasteiger partial charge in [-0.1, -0.05) is 22.9 Å². The number of halogens is 1. The third-order valence-corrected chi connectivity index (χ3v) is 10.7. The predicted octanol–water partition coefficient (Wildman–Crippen LogP) is 4.35. The van der Waals surface area contributed by atoms with Crippen molar-refractivity contribution in [3.63, 3.8) is 0 Å². The maximum absolute atomic E-state index is 13.9. The van der Waals surface area contributed by atoms with Gasteiger partial charge in [0.1, 0.15) is 9.96 Å². The highest BCUT2D eigenvalue weighted by Gasteiger charge is 2.36. The van der Waals surface area contributed by atoms with Gasteiger partial charge in [-0.05, 0) is 49.2 Å². The van der Waals surface area contributed by atoms with Gasteiger partial charge in [-0.25, -0.2) is 13.4 Å². The number of fused-ring (bicyclic) bond motifs is 1. The van der Waals surface area contributed by atoms with Crippen molar-refractivity contribution in [2.75, 3.05) is 31.6 Å². The van der Waals surface area contributed by atoms with Gasteiger partial charge >= 0.3 is 0 Å². The lowest BCUT2D eigenvalue weighted by molar-refractivity contribution is -0.123. The molecular weight excluding hydrogens is 542 g/mol. The van der Waals surface area contributed by atoms with E-state index in [1.165, 1.54) is 21.7 Å². The number of thiazole rings is 1. The molecule has 0 aliphatic carbocycles. The molecule has 5 rings (SSSR count). The Kier molecular flexibility index (Phi) is 7.31. The number of amides is 1. The first kappa shape index (κ1) is 25.2. The number of rotatable bonds is 8. The lowest BCUT2D eigenvalue weighted by atomic mass is 9.98. The fourth-order valence-electron chi connectivity index (χ4n) is 4.22. The summed E-state index contributed by atoms with van der Waals surface area (Å²) in [5.74, 6) is 0.0920. The van der Waals surface area contributed by atoms with Gasteiger partial charge in [0.2, 0.25) is 5.91 Å². The van der Waals surface area contributed by atoms with E-state index in [1.54, 1.807) is 29.0 Å². The van der Waals surface area contributed by atoms with Gasteiger partial charge in [0, 0.05) is 32.0 Å². The van der Waals surface area contributed by atoms with Gasteiger partial charge < -0.3 is 4.74 Å². The Morgan fingerprint density at radius 2 is 2.14 bits per heavy atom. The fraction of sp³-hybridized carbons (Fsp3) is 0.348. The summed E-state index contributed by atoms with van der Waals surface area (Å²) >= 11 is 8.41. The highest BCUT2D eigenvalue weighted by molar-refractivity contribution is 7.91. The zero-order valence-electron chi connectivity index (χ0n) is 19.4. The van der Waals surface area contributed by atoms with Crippen LogP contribution in [0.4, 0.5) is 5.13 Å². The van der Waals surface area contributed by atoms with E-state index in [4.69, 9.17) is 21.3 Å². The number of aromatic nitrogens is 3. The van der Waals surface area contributed by atoms with Gasteiger partial charge in [0.15, 0.2) is 5.13 Å². The minimum atomic E-state index is -3.72. The molecule has 1 amide bonds. The van der Waals surface area contributed by atoms with Crippen LogP contribution in [-0.2, 0) is 21.4 Å². The molecule has 0 radical (unpaired) electrons. The normalized spacial score (nSPS) is 16.9. The van der Waals surface area contributed by atoms with Gasteiger partial charge in [0.05, 0.1) is 34.1 Å². The van der Waals surface area contributed by atoms with E-state index in [-0.39, 0.29) is 16.7 Å². The van der Waals surface area contributed by atoms with E-state index in [9.17, 15) is 13.2 Å². The van der Waals surface area contributed by atoms with Crippen LogP contribution in [0.1, 0.15) is 12.8 Å². The van der Waals surface area contributed by atoms with Crippen LogP contribution in [0.2, 0.25) is 4.34 Å². The summed E-state index contributed by atoms with van der Waals surface area (Å²) in [5.41, 5.74) is 0.773. The summed E-state index contributed by atoms with van der Waals surface area (Å²) < 4.78 is 36.4. The van der Waals surface area contributed by atoms with Crippen LogP contribution in [0.5, 0.6) is 5.75 Å². The minimum Gasteiger partial charge on any atom is -0.497 e. The maximum atomic E-state index is 13.9. The highest BCUT2D eigenvalue weighted by Crippen LogP contribution is 2.34. The molecule has 13 heteroatoms. The molecule has 0 saturated carbocycles. The molecule has 1 fully saturated rings. The van der Waals surface area contributed by atoms with Crippen molar-refractivity contribution in [2.45, 2.75) is 23.6 Å². The van der Waals surface area contributed by atoms with Gasteiger partial charge in [-0.2, -0.15) is 9.40 Å².